The van der Waals surface area contributed by atoms with Gasteiger partial charge in [-0.05, 0) is 38.5 Å². The highest BCUT2D eigenvalue weighted by Gasteiger charge is 2.17. The van der Waals surface area contributed by atoms with Crippen molar-refractivity contribution in [3.63, 3.8) is 0 Å². The Morgan fingerprint density at radius 1 is 0.362 bits per heavy atom. The van der Waals surface area contributed by atoms with Gasteiger partial charge in [0.2, 0.25) is 0 Å². The summed E-state index contributed by atoms with van der Waals surface area (Å²) >= 11 is 0. The zero-order chi connectivity index (χ0) is 34.9. The number of ether oxygens (including phenoxy) is 2. The molecule has 0 aromatic heterocycles. The van der Waals surface area contributed by atoms with Gasteiger partial charge in [0.1, 0.15) is 26.3 Å². The highest BCUT2D eigenvalue weighted by Crippen LogP contribution is 2.14. The number of unbranched alkanes of at least 4 members (excludes halogenated alkanes) is 22. The maximum atomic E-state index is 12.2. The Hall–Kier alpha value is -1.14. The Morgan fingerprint density at radius 2 is 0.617 bits per heavy atom. The lowest BCUT2D eigenvalue weighted by Gasteiger charge is -2.29. The summed E-state index contributed by atoms with van der Waals surface area (Å²) in [4.78, 5) is 24.4. The average molecular weight is 669 g/mol. The molecule has 0 aliphatic rings. The molecule has 0 aromatic carbocycles. The number of carbonyl (C=O) groups excluding carboxylic acids is 2. The lowest BCUT2D eigenvalue weighted by molar-refractivity contribution is -0.890. The molecule has 0 N–H and O–H groups in total. The summed E-state index contributed by atoms with van der Waals surface area (Å²) in [5.74, 6) is -0.135. The van der Waals surface area contributed by atoms with Gasteiger partial charge in [-0.2, -0.15) is 0 Å². The summed E-state index contributed by atoms with van der Waals surface area (Å²) in [6.07, 6.45) is 33.1. The van der Waals surface area contributed by atoms with Gasteiger partial charge in [0, 0.05) is 12.8 Å². The first kappa shape index (κ1) is 45.9. The maximum absolute atomic E-state index is 12.2. The molecule has 6 heteroatoms. The monoisotopic (exact) mass is 669 g/mol. The molecular weight excluding hydrogens is 584 g/mol. The molecule has 0 aliphatic carbocycles. The van der Waals surface area contributed by atoms with Crippen molar-refractivity contribution in [2.24, 2.45) is 0 Å². The lowest BCUT2D eigenvalue weighted by atomic mass is 10.1. The fraction of sp³-hybridized carbons (Fsp3) is 0.951. The largest absolute Gasteiger partial charge is 0.460 e. The Bertz CT molecular complexity index is 652. The van der Waals surface area contributed by atoms with Crippen LogP contribution in [0.3, 0.4) is 0 Å². The van der Waals surface area contributed by atoms with Crippen LogP contribution in [0.5, 0.6) is 0 Å². The summed E-state index contributed by atoms with van der Waals surface area (Å²) in [6, 6.07) is 0. The number of likely N-dealkylation sites (N-methyl/N-ethyl adjacent to an activating group) is 2. The first-order chi connectivity index (χ1) is 22.6. The van der Waals surface area contributed by atoms with Gasteiger partial charge in [0.25, 0.3) is 0 Å². The quantitative estimate of drug-likeness (QED) is 0.0379. The molecule has 0 fully saturated rings. The van der Waals surface area contributed by atoms with Crippen LogP contribution in [0.15, 0.2) is 0 Å². The summed E-state index contributed by atoms with van der Waals surface area (Å²) < 4.78 is 12.9. The molecule has 0 rings (SSSR count). The van der Waals surface area contributed by atoms with E-state index in [1.165, 1.54) is 128 Å². The molecule has 0 saturated heterocycles. The van der Waals surface area contributed by atoms with E-state index in [2.05, 4.69) is 42.0 Å². The van der Waals surface area contributed by atoms with E-state index in [0.29, 0.717) is 26.1 Å². The molecule has 47 heavy (non-hydrogen) atoms. The first-order valence-electron chi connectivity index (χ1n) is 20.6. The molecule has 6 nitrogen and oxygen atoms in total. The minimum Gasteiger partial charge on any atom is -0.460 e. The van der Waals surface area contributed by atoms with E-state index < -0.39 is 0 Å². The normalized spacial score (nSPS) is 12.0. The number of quaternary nitrogens is 2. The molecular formula is C41H84N2O4+2. The molecule has 0 bridgehead atoms. The van der Waals surface area contributed by atoms with Crippen LogP contribution in [0.2, 0.25) is 0 Å². The van der Waals surface area contributed by atoms with Crippen LogP contribution in [0.4, 0.5) is 0 Å². The zero-order valence-electron chi connectivity index (χ0n) is 32.9. The third kappa shape index (κ3) is 34.5. The van der Waals surface area contributed by atoms with Crippen molar-refractivity contribution >= 4 is 11.9 Å². The topological polar surface area (TPSA) is 52.6 Å². The second-order valence-electron chi connectivity index (χ2n) is 15.8. The molecule has 0 saturated carbocycles. The van der Waals surface area contributed by atoms with Crippen molar-refractivity contribution in [3.05, 3.63) is 0 Å². The number of esters is 2. The fourth-order valence-corrected chi connectivity index (χ4v) is 6.30. The Kier molecular flexibility index (Phi) is 31.3. The Balaban J connectivity index is 3.61. The minimum atomic E-state index is -0.0676. The van der Waals surface area contributed by atoms with E-state index in [0.717, 1.165) is 67.2 Å². The maximum Gasteiger partial charge on any atom is 0.305 e. The smallest absolute Gasteiger partial charge is 0.305 e. The molecule has 0 amide bonds. The Morgan fingerprint density at radius 3 is 0.915 bits per heavy atom. The van der Waals surface area contributed by atoms with Gasteiger partial charge >= 0.3 is 11.9 Å². The average Bonchev–Trinajstić information content (AvgIpc) is 3.02. The predicted molar refractivity (Wildman–Crippen MR) is 202 cm³/mol. The van der Waals surface area contributed by atoms with Gasteiger partial charge in [-0.15, -0.1) is 0 Å². The van der Waals surface area contributed by atoms with E-state index in [1.807, 2.05) is 0 Å². The van der Waals surface area contributed by atoms with Crippen molar-refractivity contribution in [1.82, 2.24) is 0 Å². The van der Waals surface area contributed by atoms with E-state index in [-0.39, 0.29) is 11.9 Å². The molecule has 0 atom stereocenters. The molecule has 0 radical (unpaired) electrons. The molecule has 0 unspecified atom stereocenters. The van der Waals surface area contributed by atoms with Crippen molar-refractivity contribution in [1.29, 1.82) is 0 Å². The van der Waals surface area contributed by atoms with Crippen LogP contribution in [-0.2, 0) is 19.1 Å². The lowest BCUT2D eigenvalue weighted by Crippen LogP contribution is -2.43. The number of carbonyl (C=O) groups is 2. The third-order valence-electron chi connectivity index (χ3n) is 9.92. The highest BCUT2D eigenvalue weighted by atomic mass is 16.5. The van der Waals surface area contributed by atoms with Gasteiger partial charge in [-0.3, -0.25) is 9.59 Å². The van der Waals surface area contributed by atoms with Crippen molar-refractivity contribution in [2.75, 3.05) is 67.6 Å². The van der Waals surface area contributed by atoms with Gasteiger partial charge in [0.05, 0.1) is 41.3 Å². The van der Waals surface area contributed by atoms with Crippen LogP contribution >= 0.6 is 0 Å². The van der Waals surface area contributed by atoms with Crippen molar-refractivity contribution in [3.8, 4) is 0 Å². The van der Waals surface area contributed by atoms with Crippen molar-refractivity contribution in [2.45, 2.75) is 187 Å². The van der Waals surface area contributed by atoms with E-state index in [4.69, 9.17) is 9.47 Å². The standard InChI is InChI=1S/C41H84N2O4/c1-7-9-11-13-15-17-19-21-26-30-34-42(3,4)36-38-46-40(44)32-28-24-23-25-29-33-41(45)47-39-37-43(5,6)35-31-27-22-20-18-16-14-12-10-8-2/h7-39H2,1-6H3/q+2. The number of nitrogens with zero attached hydrogens (tertiary/aromatic N) is 2. The van der Waals surface area contributed by atoms with E-state index in [1.54, 1.807) is 0 Å². The third-order valence-corrected chi connectivity index (χ3v) is 9.92. The molecule has 280 valence electrons. The van der Waals surface area contributed by atoms with Crippen LogP contribution in [0.1, 0.15) is 187 Å². The number of hydrogen-bond acceptors (Lipinski definition) is 4. The zero-order valence-corrected chi connectivity index (χ0v) is 32.9. The SMILES string of the molecule is CCCCCCCCCCCC[N+](C)(C)CCOC(=O)CCCCCCCC(=O)OCC[N+](C)(C)CCCCCCCCCCCC. The van der Waals surface area contributed by atoms with Crippen LogP contribution in [0.25, 0.3) is 0 Å². The van der Waals surface area contributed by atoms with Gasteiger partial charge in [0.15, 0.2) is 0 Å². The molecule has 0 aromatic rings. The van der Waals surface area contributed by atoms with Crippen LogP contribution in [-0.4, -0.2) is 88.5 Å². The van der Waals surface area contributed by atoms with Gasteiger partial charge in [-0.25, -0.2) is 0 Å². The minimum absolute atomic E-state index is 0.0676. The molecule has 0 heterocycles. The summed E-state index contributed by atoms with van der Waals surface area (Å²) in [7, 11) is 8.99. The summed E-state index contributed by atoms with van der Waals surface area (Å²) in [5, 5.41) is 0. The van der Waals surface area contributed by atoms with E-state index in [9.17, 15) is 9.59 Å². The Labute approximate surface area is 294 Å². The molecule has 0 spiro atoms. The van der Waals surface area contributed by atoms with E-state index >= 15 is 0 Å². The number of hydrogen-bond donors (Lipinski definition) is 0. The van der Waals surface area contributed by atoms with Gasteiger partial charge < -0.3 is 18.4 Å². The van der Waals surface area contributed by atoms with Crippen LogP contribution < -0.4 is 0 Å². The fourth-order valence-electron chi connectivity index (χ4n) is 6.30. The second-order valence-corrected chi connectivity index (χ2v) is 15.8. The second kappa shape index (κ2) is 32.1. The predicted octanol–water partition coefficient (Wildman–Crippen LogP) is 10.8. The molecule has 0 aliphatic heterocycles. The highest BCUT2D eigenvalue weighted by molar-refractivity contribution is 5.69. The summed E-state index contributed by atoms with van der Waals surface area (Å²) in [6.45, 7) is 9.65. The number of rotatable bonds is 36. The first-order valence-corrected chi connectivity index (χ1v) is 20.6. The van der Waals surface area contributed by atoms with Crippen LogP contribution in [0, 0.1) is 0 Å². The van der Waals surface area contributed by atoms with Gasteiger partial charge in [-0.1, -0.05) is 136 Å². The summed E-state index contributed by atoms with van der Waals surface area (Å²) in [5.41, 5.74) is 0. The van der Waals surface area contributed by atoms with Crippen molar-refractivity contribution < 1.29 is 28.0 Å².